The van der Waals surface area contributed by atoms with Crippen LogP contribution in [-0.2, 0) is 11.2 Å². The minimum Gasteiger partial charge on any atom is -0.409 e. The molecule has 0 radical (unpaired) electrons. The molecule has 1 amide bonds. The van der Waals surface area contributed by atoms with Gasteiger partial charge in [-0.3, -0.25) is 4.79 Å². The van der Waals surface area contributed by atoms with Gasteiger partial charge in [0.1, 0.15) is 5.82 Å². The third-order valence-electron chi connectivity index (χ3n) is 3.46. The van der Waals surface area contributed by atoms with Gasteiger partial charge >= 0.3 is 0 Å². The average Bonchev–Trinajstić information content (AvgIpc) is 2.97. The summed E-state index contributed by atoms with van der Waals surface area (Å²) in [6.45, 7) is -0.183. The molecule has 3 rings (SSSR count). The van der Waals surface area contributed by atoms with Crippen LogP contribution >= 0.6 is 0 Å². The zero-order chi connectivity index (χ0) is 16.4. The number of amidine groups is 1. The van der Waals surface area contributed by atoms with E-state index in [1.165, 1.54) is 12.1 Å². The minimum absolute atomic E-state index is 0.0156. The number of aromatic nitrogens is 2. The highest BCUT2D eigenvalue weighted by atomic mass is 19.1. The summed E-state index contributed by atoms with van der Waals surface area (Å²) in [6, 6.07) is 4.28. The van der Waals surface area contributed by atoms with Gasteiger partial charge in [0.25, 0.3) is 0 Å². The van der Waals surface area contributed by atoms with Crippen molar-refractivity contribution in [3.8, 4) is 0 Å². The Morgan fingerprint density at radius 2 is 2.35 bits per heavy atom. The number of amides is 1. The molecule has 0 saturated carbocycles. The van der Waals surface area contributed by atoms with Gasteiger partial charge in [-0.2, -0.15) is 0 Å². The number of hydrogen-bond acceptors (Lipinski definition) is 7. The molecular weight excluding hydrogens is 307 g/mol. The van der Waals surface area contributed by atoms with Gasteiger partial charge < -0.3 is 21.6 Å². The zero-order valence-electron chi connectivity index (χ0n) is 11.8. The molecular formula is C13H13FN6O3. The number of rotatable bonds is 5. The van der Waals surface area contributed by atoms with E-state index in [-0.39, 0.29) is 35.8 Å². The first-order chi connectivity index (χ1) is 11.1. The third-order valence-corrected chi connectivity index (χ3v) is 3.46. The van der Waals surface area contributed by atoms with Crippen molar-refractivity contribution in [2.75, 3.05) is 11.9 Å². The maximum absolute atomic E-state index is 13.3. The summed E-state index contributed by atoms with van der Waals surface area (Å²) >= 11 is 0. The molecule has 1 atom stereocenters. The first-order valence-corrected chi connectivity index (χ1v) is 6.70. The molecule has 0 saturated heterocycles. The number of primary amides is 1. The van der Waals surface area contributed by atoms with E-state index in [2.05, 4.69) is 30.7 Å². The van der Waals surface area contributed by atoms with Crippen LogP contribution in [0, 0.1) is 5.82 Å². The number of anilines is 1. The van der Waals surface area contributed by atoms with Crippen molar-refractivity contribution in [3.05, 3.63) is 40.8 Å². The van der Waals surface area contributed by atoms with E-state index >= 15 is 0 Å². The Kier molecular flexibility index (Phi) is 3.79. The van der Waals surface area contributed by atoms with Crippen LogP contribution in [0.15, 0.2) is 28.0 Å². The van der Waals surface area contributed by atoms with Crippen molar-refractivity contribution in [2.24, 2.45) is 10.9 Å². The fraction of sp³-hybridized carbons (Fsp3) is 0.231. The van der Waals surface area contributed by atoms with E-state index in [1.807, 2.05) is 0 Å². The summed E-state index contributed by atoms with van der Waals surface area (Å²) in [5.74, 6) is -0.858. The second-order valence-electron chi connectivity index (χ2n) is 4.97. The van der Waals surface area contributed by atoms with Gasteiger partial charge in [0.2, 0.25) is 11.7 Å². The maximum Gasteiger partial charge on any atom is 0.236 e. The van der Waals surface area contributed by atoms with Crippen molar-refractivity contribution in [2.45, 2.75) is 12.5 Å². The topological polar surface area (TPSA) is 139 Å². The largest absolute Gasteiger partial charge is 0.409 e. The average molecular weight is 320 g/mol. The smallest absolute Gasteiger partial charge is 0.236 e. The third kappa shape index (κ3) is 2.91. The van der Waals surface area contributed by atoms with E-state index in [1.54, 1.807) is 6.07 Å². The Morgan fingerprint density at radius 3 is 3.09 bits per heavy atom. The number of oxime groups is 1. The molecule has 1 aliphatic rings. The highest BCUT2D eigenvalue weighted by molar-refractivity contribution is 6.01. The summed E-state index contributed by atoms with van der Waals surface area (Å²) in [5.41, 5.74) is 6.90. The molecule has 1 aliphatic carbocycles. The summed E-state index contributed by atoms with van der Waals surface area (Å²) in [6.07, 6.45) is 0.643. The molecule has 1 unspecified atom stereocenters. The molecule has 1 aromatic heterocycles. The van der Waals surface area contributed by atoms with Crippen molar-refractivity contribution in [3.63, 3.8) is 0 Å². The van der Waals surface area contributed by atoms with Crippen molar-refractivity contribution in [1.29, 1.82) is 0 Å². The molecule has 0 fully saturated rings. The normalized spacial score (nSPS) is 16.4. The molecule has 0 bridgehead atoms. The first-order valence-electron chi connectivity index (χ1n) is 6.70. The van der Waals surface area contributed by atoms with E-state index in [0.29, 0.717) is 6.42 Å². The predicted octanol–water partition coefficient (Wildman–Crippen LogP) is 0.129. The molecule has 5 N–H and O–H groups in total. The van der Waals surface area contributed by atoms with Gasteiger partial charge in [-0.05, 0) is 40.0 Å². The fourth-order valence-electron chi connectivity index (χ4n) is 2.34. The minimum atomic E-state index is -0.599. The van der Waals surface area contributed by atoms with Crippen LogP contribution in [0.1, 0.15) is 22.9 Å². The zero-order valence-corrected chi connectivity index (χ0v) is 11.8. The van der Waals surface area contributed by atoms with Crippen LogP contribution in [0.4, 0.5) is 10.2 Å². The van der Waals surface area contributed by atoms with Crippen LogP contribution in [-0.4, -0.2) is 33.8 Å². The van der Waals surface area contributed by atoms with Crippen LogP contribution < -0.4 is 16.4 Å². The predicted molar refractivity (Wildman–Crippen MR) is 76.3 cm³/mol. The highest BCUT2D eigenvalue weighted by Gasteiger charge is 2.29. The number of carbonyl (C=O) groups excluding carboxylic acids is 1. The number of halogens is 1. The number of nitrogens with one attached hydrogen (secondary N) is 2. The van der Waals surface area contributed by atoms with Gasteiger partial charge in [0, 0.05) is 0 Å². The summed E-state index contributed by atoms with van der Waals surface area (Å²) in [7, 11) is 0. The van der Waals surface area contributed by atoms with Crippen molar-refractivity contribution in [1.82, 2.24) is 15.6 Å². The fourth-order valence-corrected chi connectivity index (χ4v) is 2.34. The van der Waals surface area contributed by atoms with Crippen molar-refractivity contribution < 1.29 is 19.0 Å². The molecule has 23 heavy (non-hydrogen) atoms. The number of nitrogens with two attached hydrogens (primary N) is 1. The standard InChI is InChI=1S/C13H13FN6O3/c14-7-2-1-6-3-9(8(6)4-7)17-13(18-22)11-12(20-23-19-11)16-5-10(15)21/h1-2,4,9,22H,3,5H2,(H2,15,21)(H,16,20)(H,17,18). The monoisotopic (exact) mass is 320 g/mol. The highest BCUT2D eigenvalue weighted by Crippen LogP contribution is 2.33. The number of fused-ring (bicyclic) bond motifs is 1. The molecule has 10 heteroatoms. The Bertz CT molecular complexity index is 775. The number of carbonyl (C=O) groups is 1. The van der Waals surface area contributed by atoms with E-state index in [9.17, 15) is 14.4 Å². The number of nitrogens with zero attached hydrogens (tertiary/aromatic N) is 3. The van der Waals surface area contributed by atoms with Crippen molar-refractivity contribution >= 4 is 17.6 Å². The number of hydrogen-bond donors (Lipinski definition) is 4. The number of benzene rings is 1. The summed E-state index contributed by atoms with van der Waals surface area (Å²) < 4.78 is 17.9. The molecule has 0 spiro atoms. The second kappa shape index (κ2) is 5.91. The lowest BCUT2D eigenvalue weighted by Gasteiger charge is -2.31. The van der Waals surface area contributed by atoms with Gasteiger partial charge in [-0.1, -0.05) is 11.2 Å². The van der Waals surface area contributed by atoms with E-state index in [0.717, 1.165) is 11.1 Å². The maximum atomic E-state index is 13.3. The molecule has 2 aromatic rings. The van der Waals surface area contributed by atoms with Crippen LogP contribution in [0.25, 0.3) is 0 Å². The van der Waals surface area contributed by atoms with Crippen LogP contribution in [0.2, 0.25) is 0 Å². The SMILES string of the molecule is NC(=O)CNc1nonc1/C(=N/O)NC1Cc2ccc(F)cc21. The second-order valence-corrected chi connectivity index (χ2v) is 4.97. The Hall–Kier alpha value is -3.17. The Morgan fingerprint density at radius 1 is 1.52 bits per heavy atom. The van der Waals surface area contributed by atoms with Crippen LogP contribution in [0.3, 0.4) is 0 Å². The molecule has 1 aromatic carbocycles. The van der Waals surface area contributed by atoms with Gasteiger partial charge in [0.15, 0.2) is 11.5 Å². The lowest BCUT2D eigenvalue weighted by Crippen LogP contribution is -2.37. The molecule has 0 aliphatic heterocycles. The van der Waals surface area contributed by atoms with E-state index in [4.69, 9.17) is 5.73 Å². The summed E-state index contributed by atoms with van der Waals surface area (Å²) in [5, 5.41) is 25.1. The lowest BCUT2D eigenvalue weighted by atomic mass is 9.83. The van der Waals surface area contributed by atoms with Gasteiger partial charge in [-0.25, -0.2) is 9.02 Å². The van der Waals surface area contributed by atoms with Gasteiger partial charge in [0.05, 0.1) is 12.6 Å². The first kappa shape index (κ1) is 14.8. The Balaban J connectivity index is 1.75. The quantitative estimate of drug-likeness (QED) is 0.266. The van der Waals surface area contributed by atoms with E-state index < -0.39 is 5.91 Å². The van der Waals surface area contributed by atoms with Crippen LogP contribution in [0.5, 0.6) is 0 Å². The lowest BCUT2D eigenvalue weighted by molar-refractivity contribution is -0.116. The molecule has 1 heterocycles. The molecule has 120 valence electrons. The Labute approximate surface area is 129 Å². The summed E-state index contributed by atoms with van der Waals surface area (Å²) in [4.78, 5) is 10.8. The molecule has 9 nitrogen and oxygen atoms in total. The van der Waals surface area contributed by atoms with Gasteiger partial charge in [-0.15, -0.1) is 0 Å².